The lowest BCUT2D eigenvalue weighted by Crippen LogP contribution is -2.35. The quantitative estimate of drug-likeness (QED) is 0.302. The van der Waals surface area contributed by atoms with Gasteiger partial charge in [-0.1, -0.05) is 56.7 Å². The van der Waals surface area contributed by atoms with E-state index in [1.54, 1.807) is 0 Å². The van der Waals surface area contributed by atoms with Gasteiger partial charge in [0.25, 0.3) is 0 Å². The molecule has 6 nitrogen and oxygen atoms in total. The van der Waals surface area contributed by atoms with Crippen LogP contribution in [0.2, 0.25) is 0 Å². The third kappa shape index (κ3) is 6.46. The zero-order valence-corrected chi connectivity index (χ0v) is 18.7. The number of hydrogen-bond acceptors (Lipinski definition) is 6. The van der Waals surface area contributed by atoms with E-state index < -0.39 is 0 Å². The second-order valence-electron chi connectivity index (χ2n) is 7.42. The van der Waals surface area contributed by atoms with Crippen molar-refractivity contribution >= 4 is 39.3 Å². The van der Waals surface area contributed by atoms with Crippen LogP contribution in [0, 0.1) is 10.8 Å². The second-order valence-corrected chi connectivity index (χ2v) is 8.53. The van der Waals surface area contributed by atoms with E-state index >= 15 is 0 Å². The van der Waals surface area contributed by atoms with Crippen molar-refractivity contribution in [2.75, 3.05) is 0 Å². The molecule has 0 aliphatic rings. The molecule has 3 N–H and O–H groups in total. The molecule has 0 aliphatic carbocycles. The van der Waals surface area contributed by atoms with Gasteiger partial charge >= 0.3 is 0 Å². The number of nitrogens with zero attached hydrogens (tertiary/aromatic N) is 1. The molecule has 0 saturated carbocycles. The van der Waals surface area contributed by atoms with E-state index in [1.807, 2.05) is 37.3 Å². The van der Waals surface area contributed by atoms with Gasteiger partial charge in [-0.2, -0.15) is 0 Å². The lowest BCUT2D eigenvalue weighted by molar-refractivity contribution is -0.120. The maximum atomic E-state index is 12.1. The maximum Gasteiger partial charge on any atom is 0.229 e. The number of carbonyl (C=O) groups excluding carboxylic acids is 1. The fourth-order valence-electron chi connectivity index (χ4n) is 3.37. The van der Waals surface area contributed by atoms with Gasteiger partial charge in [-0.15, -0.1) is 11.3 Å². The summed E-state index contributed by atoms with van der Waals surface area (Å²) in [7, 11) is 0. The van der Waals surface area contributed by atoms with Crippen molar-refractivity contribution < 1.29 is 9.53 Å². The van der Waals surface area contributed by atoms with Gasteiger partial charge in [0.05, 0.1) is 16.6 Å². The van der Waals surface area contributed by atoms with Crippen LogP contribution in [0.25, 0.3) is 21.3 Å². The van der Waals surface area contributed by atoms with Gasteiger partial charge in [0, 0.05) is 6.04 Å². The molecule has 2 aromatic carbocycles. The van der Waals surface area contributed by atoms with Crippen molar-refractivity contribution in [1.82, 2.24) is 10.3 Å². The van der Waals surface area contributed by atoms with E-state index in [2.05, 4.69) is 35.4 Å². The van der Waals surface area contributed by atoms with Crippen molar-refractivity contribution in [3.05, 3.63) is 53.5 Å². The van der Waals surface area contributed by atoms with E-state index in [1.165, 1.54) is 11.3 Å². The molecule has 1 aromatic heterocycles. The number of amides is 1. The maximum absolute atomic E-state index is 12.1. The van der Waals surface area contributed by atoms with Crippen LogP contribution in [0.4, 0.5) is 0 Å². The summed E-state index contributed by atoms with van der Waals surface area (Å²) in [6.07, 6.45) is 2.79. The first-order valence-electron chi connectivity index (χ1n) is 10.6. The average molecular weight is 437 g/mol. The summed E-state index contributed by atoms with van der Waals surface area (Å²) in [6.45, 7) is 4.10. The van der Waals surface area contributed by atoms with Crippen molar-refractivity contribution in [2.24, 2.45) is 0 Å². The molecule has 0 spiro atoms. The molecule has 7 heteroatoms. The third-order valence-electron chi connectivity index (χ3n) is 4.91. The molecule has 3 aromatic rings. The Morgan fingerprint density at radius 3 is 2.58 bits per heavy atom. The number of nitrogens with one attached hydrogen (secondary N) is 3. The highest BCUT2D eigenvalue weighted by Crippen LogP contribution is 2.28. The van der Waals surface area contributed by atoms with Crippen LogP contribution in [-0.4, -0.2) is 28.7 Å². The predicted molar refractivity (Wildman–Crippen MR) is 127 cm³/mol. The summed E-state index contributed by atoms with van der Waals surface area (Å²) in [4.78, 5) is 16.7. The van der Waals surface area contributed by atoms with Gasteiger partial charge in [-0.05, 0) is 36.1 Å². The van der Waals surface area contributed by atoms with Crippen LogP contribution in [0.1, 0.15) is 44.5 Å². The first-order chi connectivity index (χ1) is 15.0. The lowest BCUT2D eigenvalue weighted by Gasteiger charge is -2.16. The molecule has 0 aliphatic heterocycles. The summed E-state index contributed by atoms with van der Waals surface area (Å²) in [5, 5.41) is 19.6. The standard InChI is InChI=1S/C24H28N4O2S/c1-3-8-18(4-2)27-23(29)14-21(25)30-22(26)15-24-28-19-12-11-17(13-20(19)31-24)16-9-6-5-7-10-16/h5-7,9-13,18,25-26H,3-4,8,14-15H2,1-2H3,(H,27,29). The van der Waals surface area contributed by atoms with Crippen LogP contribution in [-0.2, 0) is 16.0 Å². The monoisotopic (exact) mass is 436 g/mol. The Bertz CT molecular complexity index is 1060. The normalized spacial score (nSPS) is 11.8. The molecule has 1 atom stereocenters. The molecule has 0 bridgehead atoms. The third-order valence-corrected chi connectivity index (χ3v) is 5.93. The number of benzene rings is 2. The number of ether oxygens (including phenoxy) is 1. The minimum atomic E-state index is -0.244. The van der Waals surface area contributed by atoms with Crippen LogP contribution in [0.3, 0.4) is 0 Å². The topological polar surface area (TPSA) is 98.9 Å². The van der Waals surface area contributed by atoms with Gasteiger partial charge in [-0.25, -0.2) is 4.98 Å². The second kappa shape index (κ2) is 10.8. The Balaban J connectivity index is 1.56. The highest BCUT2D eigenvalue weighted by molar-refractivity contribution is 7.18. The van der Waals surface area contributed by atoms with Crippen molar-refractivity contribution in [2.45, 2.75) is 52.0 Å². The van der Waals surface area contributed by atoms with E-state index in [0.717, 1.165) is 45.6 Å². The lowest BCUT2D eigenvalue weighted by atomic mass is 10.1. The van der Waals surface area contributed by atoms with Crippen LogP contribution < -0.4 is 5.32 Å². The van der Waals surface area contributed by atoms with Gasteiger partial charge in [0.15, 0.2) is 11.8 Å². The van der Waals surface area contributed by atoms with Gasteiger partial charge in [0.1, 0.15) is 11.4 Å². The first-order valence-corrected chi connectivity index (χ1v) is 11.4. The highest BCUT2D eigenvalue weighted by Gasteiger charge is 2.15. The molecule has 1 amide bonds. The summed E-state index contributed by atoms with van der Waals surface area (Å²) in [6, 6.07) is 16.4. The zero-order chi connectivity index (χ0) is 22.2. The fraction of sp³-hybridized carbons (Fsp3) is 0.333. The Morgan fingerprint density at radius 1 is 1.10 bits per heavy atom. The minimum Gasteiger partial charge on any atom is -0.429 e. The smallest absolute Gasteiger partial charge is 0.229 e. The van der Waals surface area contributed by atoms with Crippen LogP contribution in [0.15, 0.2) is 48.5 Å². The highest BCUT2D eigenvalue weighted by atomic mass is 32.1. The summed E-state index contributed by atoms with van der Waals surface area (Å²) >= 11 is 1.51. The number of fused-ring (bicyclic) bond motifs is 1. The van der Waals surface area contributed by atoms with Crippen molar-refractivity contribution in [3.63, 3.8) is 0 Å². The molecular formula is C24H28N4O2S. The van der Waals surface area contributed by atoms with Crippen molar-refractivity contribution in [3.8, 4) is 11.1 Å². The minimum absolute atomic E-state index is 0.0826. The summed E-state index contributed by atoms with van der Waals surface area (Å²) in [5.74, 6) is -0.548. The summed E-state index contributed by atoms with van der Waals surface area (Å²) < 4.78 is 6.30. The van der Waals surface area contributed by atoms with Crippen LogP contribution in [0.5, 0.6) is 0 Å². The number of aromatic nitrogens is 1. The number of rotatable bonds is 9. The Morgan fingerprint density at radius 2 is 1.87 bits per heavy atom. The van der Waals surface area contributed by atoms with E-state index in [0.29, 0.717) is 0 Å². The molecule has 162 valence electrons. The Kier molecular flexibility index (Phi) is 7.89. The Labute approximate surface area is 186 Å². The SMILES string of the molecule is CCCC(CC)NC(=O)CC(=N)OC(=N)Cc1nc2ccc(-c3ccccc3)cc2s1. The van der Waals surface area contributed by atoms with E-state index in [9.17, 15) is 4.79 Å². The van der Waals surface area contributed by atoms with Gasteiger partial charge in [-0.3, -0.25) is 15.6 Å². The van der Waals surface area contributed by atoms with Crippen molar-refractivity contribution in [1.29, 1.82) is 10.8 Å². The van der Waals surface area contributed by atoms with Gasteiger partial charge in [0.2, 0.25) is 5.91 Å². The first kappa shape index (κ1) is 22.6. The van der Waals surface area contributed by atoms with Crippen LogP contribution >= 0.6 is 11.3 Å². The largest absolute Gasteiger partial charge is 0.429 e. The number of hydrogen-bond donors (Lipinski definition) is 3. The van der Waals surface area contributed by atoms with Gasteiger partial charge < -0.3 is 10.1 Å². The number of carbonyl (C=O) groups is 1. The molecule has 1 unspecified atom stereocenters. The average Bonchev–Trinajstić information content (AvgIpc) is 3.14. The molecule has 1 heterocycles. The molecule has 0 fully saturated rings. The molecule has 0 saturated heterocycles. The summed E-state index contributed by atoms with van der Waals surface area (Å²) in [5.41, 5.74) is 3.14. The van der Waals surface area contributed by atoms with E-state index in [-0.39, 0.29) is 36.6 Å². The Hall–Kier alpha value is -3.06. The van der Waals surface area contributed by atoms with E-state index in [4.69, 9.17) is 15.6 Å². The molecule has 0 radical (unpaired) electrons. The molecular weight excluding hydrogens is 408 g/mol. The number of thiazole rings is 1. The fourth-order valence-corrected chi connectivity index (χ4v) is 4.37. The molecule has 3 rings (SSSR count). The predicted octanol–water partition coefficient (Wildman–Crippen LogP) is 5.56. The molecule has 31 heavy (non-hydrogen) atoms. The zero-order valence-electron chi connectivity index (χ0n) is 17.9.